The Morgan fingerprint density at radius 2 is 2.00 bits per heavy atom. The van der Waals surface area contributed by atoms with Gasteiger partial charge in [-0.25, -0.2) is 9.97 Å². The van der Waals surface area contributed by atoms with E-state index in [9.17, 15) is 4.79 Å². The Hall–Kier alpha value is -2.64. The van der Waals surface area contributed by atoms with E-state index < -0.39 is 0 Å². The third-order valence-electron chi connectivity index (χ3n) is 5.00. The molecule has 0 saturated carbocycles. The van der Waals surface area contributed by atoms with Gasteiger partial charge in [-0.1, -0.05) is 0 Å². The number of anilines is 2. The van der Waals surface area contributed by atoms with Crippen molar-refractivity contribution < 1.29 is 4.79 Å². The van der Waals surface area contributed by atoms with Crippen LogP contribution < -0.4 is 10.2 Å². The van der Waals surface area contributed by atoms with E-state index in [0.29, 0.717) is 13.1 Å². The number of carbonyl (C=O) groups excluding carboxylic acids is 1. The molecule has 1 N–H and O–H groups in total. The van der Waals surface area contributed by atoms with Crippen LogP contribution in [-0.4, -0.2) is 63.3 Å². The number of carbonyl (C=O) groups is 1. The lowest BCUT2D eigenvalue weighted by Crippen LogP contribution is -2.48. The number of nitrogens with zero attached hydrogens (tertiary/aromatic N) is 6. The van der Waals surface area contributed by atoms with Gasteiger partial charge in [0, 0.05) is 45.0 Å². The van der Waals surface area contributed by atoms with E-state index in [4.69, 9.17) is 0 Å². The summed E-state index contributed by atoms with van der Waals surface area (Å²) in [7, 11) is 3.80. The normalized spacial score (nSPS) is 16.1. The molecule has 3 heterocycles. The standard InChI is InChI=1S/C18H27N7O/c1-12(8-15-13(2)22-24(5)14(15)3)21-16-9-17(20-11-19-16)25-7-6-23(4)18(26)10-25/h9,11-12H,6-8,10H2,1-5H3,(H,19,20,21). The van der Waals surface area contributed by atoms with Crippen molar-refractivity contribution in [3.05, 3.63) is 29.3 Å². The molecule has 1 aliphatic heterocycles. The van der Waals surface area contributed by atoms with Gasteiger partial charge < -0.3 is 15.1 Å². The van der Waals surface area contributed by atoms with Crippen LogP contribution in [0.4, 0.5) is 11.6 Å². The number of likely N-dealkylation sites (N-methyl/N-ethyl adjacent to an activating group) is 1. The maximum Gasteiger partial charge on any atom is 0.241 e. The van der Waals surface area contributed by atoms with Gasteiger partial charge in [0.1, 0.15) is 18.0 Å². The lowest BCUT2D eigenvalue weighted by Gasteiger charge is -2.32. The summed E-state index contributed by atoms with van der Waals surface area (Å²) in [5.74, 6) is 1.67. The zero-order valence-corrected chi connectivity index (χ0v) is 16.2. The summed E-state index contributed by atoms with van der Waals surface area (Å²) in [5, 5.41) is 7.92. The number of nitrogens with one attached hydrogen (secondary N) is 1. The molecule has 0 aromatic carbocycles. The first-order chi connectivity index (χ1) is 12.3. The first-order valence-electron chi connectivity index (χ1n) is 8.91. The van der Waals surface area contributed by atoms with Crippen molar-refractivity contribution >= 4 is 17.5 Å². The van der Waals surface area contributed by atoms with Crippen LogP contribution in [0.1, 0.15) is 23.9 Å². The van der Waals surface area contributed by atoms with Gasteiger partial charge in [-0.3, -0.25) is 9.48 Å². The Kier molecular flexibility index (Phi) is 5.11. The minimum Gasteiger partial charge on any atom is -0.367 e. The molecule has 1 unspecified atom stereocenters. The van der Waals surface area contributed by atoms with Gasteiger partial charge in [0.25, 0.3) is 0 Å². The van der Waals surface area contributed by atoms with Crippen molar-refractivity contribution in [1.82, 2.24) is 24.6 Å². The molecule has 1 saturated heterocycles. The van der Waals surface area contributed by atoms with Crippen LogP contribution in [0.5, 0.6) is 0 Å². The van der Waals surface area contributed by atoms with Crippen LogP contribution >= 0.6 is 0 Å². The summed E-state index contributed by atoms with van der Waals surface area (Å²) in [4.78, 5) is 24.3. The van der Waals surface area contributed by atoms with E-state index in [2.05, 4.69) is 34.2 Å². The fourth-order valence-electron chi connectivity index (χ4n) is 3.28. The number of aromatic nitrogens is 4. The maximum absolute atomic E-state index is 11.9. The van der Waals surface area contributed by atoms with Crippen molar-refractivity contribution in [1.29, 1.82) is 0 Å². The van der Waals surface area contributed by atoms with Crippen LogP contribution in [0, 0.1) is 13.8 Å². The molecule has 0 spiro atoms. The molecule has 2 aromatic rings. The maximum atomic E-state index is 11.9. The van der Waals surface area contributed by atoms with E-state index in [1.807, 2.05) is 36.7 Å². The summed E-state index contributed by atoms with van der Waals surface area (Å²) in [5.41, 5.74) is 3.53. The van der Waals surface area contributed by atoms with Gasteiger partial charge in [-0.15, -0.1) is 0 Å². The molecular formula is C18H27N7O. The van der Waals surface area contributed by atoms with Crippen LogP contribution in [0.3, 0.4) is 0 Å². The molecule has 0 bridgehead atoms. The first-order valence-corrected chi connectivity index (χ1v) is 8.91. The van der Waals surface area contributed by atoms with Gasteiger partial charge >= 0.3 is 0 Å². The predicted molar refractivity (Wildman–Crippen MR) is 101 cm³/mol. The van der Waals surface area contributed by atoms with E-state index >= 15 is 0 Å². The summed E-state index contributed by atoms with van der Waals surface area (Å²) in [6.45, 7) is 8.12. The van der Waals surface area contributed by atoms with E-state index in [1.165, 1.54) is 11.3 Å². The van der Waals surface area contributed by atoms with Gasteiger partial charge in [0.15, 0.2) is 0 Å². The van der Waals surface area contributed by atoms with Crippen LogP contribution in [0.25, 0.3) is 0 Å². The molecule has 2 aromatic heterocycles. The highest BCUT2D eigenvalue weighted by Crippen LogP contribution is 2.19. The average molecular weight is 357 g/mol. The van der Waals surface area contributed by atoms with Crippen molar-refractivity contribution in [3.8, 4) is 0 Å². The highest BCUT2D eigenvalue weighted by Gasteiger charge is 2.22. The minimum atomic E-state index is 0.111. The number of rotatable bonds is 5. The molecule has 0 aliphatic carbocycles. The lowest BCUT2D eigenvalue weighted by atomic mass is 10.1. The van der Waals surface area contributed by atoms with Gasteiger partial charge in [-0.05, 0) is 32.8 Å². The molecular weight excluding hydrogens is 330 g/mol. The molecule has 1 fully saturated rings. The number of hydrogen-bond acceptors (Lipinski definition) is 6. The first kappa shape index (κ1) is 18.2. The molecule has 26 heavy (non-hydrogen) atoms. The Balaban J connectivity index is 1.67. The van der Waals surface area contributed by atoms with Crippen molar-refractivity contribution in [2.75, 3.05) is 36.9 Å². The number of hydrogen-bond donors (Lipinski definition) is 1. The molecule has 3 rings (SSSR count). The Morgan fingerprint density at radius 1 is 1.23 bits per heavy atom. The molecule has 8 nitrogen and oxygen atoms in total. The van der Waals surface area contributed by atoms with Crippen molar-refractivity contribution in [2.45, 2.75) is 33.2 Å². The molecule has 8 heteroatoms. The topological polar surface area (TPSA) is 79.2 Å². The van der Waals surface area contributed by atoms with Gasteiger partial charge in [-0.2, -0.15) is 5.10 Å². The number of aryl methyl sites for hydroxylation is 2. The van der Waals surface area contributed by atoms with Gasteiger partial charge in [0.05, 0.1) is 12.2 Å². The quantitative estimate of drug-likeness (QED) is 0.865. The second-order valence-electron chi connectivity index (χ2n) is 7.02. The second-order valence-corrected chi connectivity index (χ2v) is 7.02. The third kappa shape index (κ3) is 3.79. The zero-order valence-electron chi connectivity index (χ0n) is 16.2. The molecule has 1 atom stereocenters. The monoisotopic (exact) mass is 357 g/mol. The second kappa shape index (κ2) is 7.31. The van der Waals surface area contributed by atoms with Crippen molar-refractivity contribution in [2.24, 2.45) is 7.05 Å². The number of amides is 1. The lowest BCUT2D eigenvalue weighted by molar-refractivity contribution is -0.129. The fraction of sp³-hybridized carbons (Fsp3) is 0.556. The molecule has 0 radical (unpaired) electrons. The average Bonchev–Trinajstić information content (AvgIpc) is 2.84. The van der Waals surface area contributed by atoms with Crippen molar-refractivity contribution in [3.63, 3.8) is 0 Å². The Bertz CT molecular complexity index is 801. The van der Waals surface area contributed by atoms with E-state index in [-0.39, 0.29) is 11.9 Å². The van der Waals surface area contributed by atoms with E-state index in [0.717, 1.165) is 30.3 Å². The summed E-state index contributed by atoms with van der Waals surface area (Å²) in [6, 6.07) is 2.12. The Labute approximate surface area is 154 Å². The SMILES string of the molecule is Cc1nn(C)c(C)c1CC(C)Nc1cc(N2CCN(C)C(=O)C2)ncn1. The third-order valence-corrected chi connectivity index (χ3v) is 5.00. The van der Waals surface area contributed by atoms with Crippen LogP contribution in [0.2, 0.25) is 0 Å². The highest BCUT2D eigenvalue weighted by molar-refractivity contribution is 5.82. The van der Waals surface area contributed by atoms with Crippen LogP contribution in [0.15, 0.2) is 12.4 Å². The zero-order chi connectivity index (χ0) is 18.8. The summed E-state index contributed by atoms with van der Waals surface area (Å²) in [6.07, 6.45) is 2.42. The number of piperazine rings is 1. The fourth-order valence-corrected chi connectivity index (χ4v) is 3.28. The largest absolute Gasteiger partial charge is 0.367 e. The highest BCUT2D eigenvalue weighted by atomic mass is 16.2. The molecule has 1 amide bonds. The Morgan fingerprint density at radius 3 is 2.65 bits per heavy atom. The van der Waals surface area contributed by atoms with Crippen LogP contribution in [-0.2, 0) is 18.3 Å². The summed E-state index contributed by atoms with van der Waals surface area (Å²) < 4.78 is 1.92. The smallest absolute Gasteiger partial charge is 0.241 e. The summed E-state index contributed by atoms with van der Waals surface area (Å²) >= 11 is 0. The molecule has 140 valence electrons. The predicted octanol–water partition coefficient (Wildman–Crippen LogP) is 1.15. The van der Waals surface area contributed by atoms with Gasteiger partial charge in [0.2, 0.25) is 5.91 Å². The molecule has 1 aliphatic rings. The minimum absolute atomic E-state index is 0.111. The van der Waals surface area contributed by atoms with E-state index in [1.54, 1.807) is 11.2 Å².